The van der Waals surface area contributed by atoms with Crippen molar-refractivity contribution in [2.24, 2.45) is 0 Å². The summed E-state index contributed by atoms with van der Waals surface area (Å²) in [7, 11) is 3.96. The van der Waals surface area contributed by atoms with Crippen LogP contribution in [0.3, 0.4) is 0 Å². The second-order valence-electron chi connectivity index (χ2n) is 3.50. The van der Waals surface area contributed by atoms with Gasteiger partial charge in [0.05, 0.1) is 6.61 Å². The smallest absolute Gasteiger partial charge is 0.0630 e. The Bertz CT molecular complexity index is 131. The molecule has 1 fully saturated rings. The molecule has 0 aromatic heterocycles. The van der Waals surface area contributed by atoms with Crippen molar-refractivity contribution in [1.29, 1.82) is 0 Å². The third-order valence-corrected chi connectivity index (χ3v) is 2.57. The van der Waals surface area contributed by atoms with E-state index in [4.69, 9.17) is 4.74 Å². The van der Waals surface area contributed by atoms with Crippen LogP contribution in [-0.2, 0) is 4.74 Å². The Morgan fingerprint density at radius 3 is 2.12 bits per heavy atom. The summed E-state index contributed by atoms with van der Waals surface area (Å²) in [6.45, 7) is 15.7. The molecule has 1 rings (SSSR count). The van der Waals surface area contributed by atoms with E-state index in [0.29, 0.717) is 6.04 Å². The number of piperazine rings is 1. The van der Waals surface area contributed by atoms with E-state index >= 15 is 0 Å². The fourth-order valence-corrected chi connectivity index (χ4v) is 1.82. The molecular weight excluding hydrogens is 200 g/mol. The Kier molecular flexibility index (Phi) is 14.8. The fraction of sp³-hybridized carbons (Fsp3) is 1.00. The lowest BCUT2D eigenvalue weighted by Crippen LogP contribution is -2.53. The van der Waals surface area contributed by atoms with E-state index in [1.165, 1.54) is 13.1 Å². The molecule has 0 saturated carbocycles. The van der Waals surface area contributed by atoms with Gasteiger partial charge in [0, 0.05) is 32.8 Å². The van der Waals surface area contributed by atoms with E-state index in [0.717, 1.165) is 19.7 Å². The number of nitrogens with zero attached hydrogens (tertiary/aromatic N) is 2. The Hall–Kier alpha value is -0.120. The van der Waals surface area contributed by atoms with Gasteiger partial charge in [0.2, 0.25) is 0 Å². The van der Waals surface area contributed by atoms with Gasteiger partial charge in [-0.3, -0.25) is 4.90 Å². The SMILES string of the molecule is CC.CC.CCN1CCN(C)CC1COC. The molecule has 0 N–H and O–H groups in total. The van der Waals surface area contributed by atoms with E-state index in [1.807, 2.05) is 27.7 Å². The molecule has 1 unspecified atom stereocenters. The Morgan fingerprint density at radius 2 is 1.69 bits per heavy atom. The van der Waals surface area contributed by atoms with Crippen molar-refractivity contribution in [3.05, 3.63) is 0 Å². The molecule has 0 aliphatic carbocycles. The van der Waals surface area contributed by atoms with Crippen molar-refractivity contribution in [3.8, 4) is 0 Å². The first kappa shape index (κ1) is 18.3. The van der Waals surface area contributed by atoms with Crippen LogP contribution >= 0.6 is 0 Å². The molecule has 16 heavy (non-hydrogen) atoms. The summed E-state index contributed by atoms with van der Waals surface area (Å²) in [5.41, 5.74) is 0. The average Bonchev–Trinajstić information content (AvgIpc) is 2.35. The van der Waals surface area contributed by atoms with Gasteiger partial charge in [-0.15, -0.1) is 0 Å². The highest BCUT2D eigenvalue weighted by Gasteiger charge is 2.23. The molecule has 3 heteroatoms. The maximum Gasteiger partial charge on any atom is 0.0630 e. The number of hydrogen-bond donors (Lipinski definition) is 0. The maximum absolute atomic E-state index is 5.19. The molecule has 1 heterocycles. The van der Waals surface area contributed by atoms with Crippen LogP contribution in [-0.4, -0.2) is 62.8 Å². The first-order valence-electron chi connectivity index (χ1n) is 6.69. The van der Waals surface area contributed by atoms with E-state index in [2.05, 4.69) is 23.8 Å². The second-order valence-corrected chi connectivity index (χ2v) is 3.50. The monoisotopic (exact) mass is 232 g/mol. The Balaban J connectivity index is 0. The molecule has 1 aliphatic heterocycles. The molecular formula is C13H32N2O. The third-order valence-electron chi connectivity index (χ3n) is 2.57. The summed E-state index contributed by atoms with van der Waals surface area (Å²) in [6, 6.07) is 0.596. The predicted molar refractivity (Wildman–Crippen MR) is 73.1 cm³/mol. The van der Waals surface area contributed by atoms with E-state index in [1.54, 1.807) is 7.11 Å². The van der Waals surface area contributed by atoms with Crippen LogP contribution in [0, 0.1) is 0 Å². The zero-order chi connectivity index (χ0) is 13.0. The van der Waals surface area contributed by atoms with Crippen LogP contribution in [0.25, 0.3) is 0 Å². The van der Waals surface area contributed by atoms with E-state index < -0.39 is 0 Å². The zero-order valence-electron chi connectivity index (χ0n) is 12.4. The summed E-state index contributed by atoms with van der Waals surface area (Å²) in [6.07, 6.45) is 0. The van der Waals surface area contributed by atoms with Crippen molar-refractivity contribution in [2.75, 3.05) is 46.9 Å². The van der Waals surface area contributed by atoms with Gasteiger partial charge in [0.15, 0.2) is 0 Å². The molecule has 100 valence electrons. The fourth-order valence-electron chi connectivity index (χ4n) is 1.82. The average molecular weight is 232 g/mol. The minimum absolute atomic E-state index is 0.596. The van der Waals surface area contributed by atoms with E-state index in [-0.39, 0.29) is 0 Å². The highest BCUT2D eigenvalue weighted by atomic mass is 16.5. The molecule has 0 aromatic rings. The van der Waals surface area contributed by atoms with E-state index in [9.17, 15) is 0 Å². The van der Waals surface area contributed by atoms with Gasteiger partial charge in [-0.2, -0.15) is 0 Å². The highest BCUT2D eigenvalue weighted by Crippen LogP contribution is 2.07. The first-order valence-corrected chi connectivity index (χ1v) is 6.69. The third kappa shape index (κ3) is 7.20. The predicted octanol–water partition coefficient (Wildman–Crippen LogP) is 2.32. The lowest BCUT2D eigenvalue weighted by Gasteiger charge is -2.39. The zero-order valence-corrected chi connectivity index (χ0v) is 12.4. The van der Waals surface area contributed by atoms with Crippen LogP contribution in [0.4, 0.5) is 0 Å². The molecule has 0 radical (unpaired) electrons. The van der Waals surface area contributed by atoms with Crippen molar-refractivity contribution >= 4 is 0 Å². The standard InChI is InChI=1S/C9H20N2O.2C2H6/c1-4-11-6-5-10(2)7-9(11)8-12-3;2*1-2/h9H,4-8H2,1-3H3;2*1-2H3. The number of rotatable bonds is 3. The Morgan fingerprint density at radius 1 is 1.12 bits per heavy atom. The highest BCUT2D eigenvalue weighted by molar-refractivity contribution is 4.79. The molecule has 0 aromatic carbocycles. The van der Waals surface area contributed by atoms with Crippen molar-refractivity contribution in [2.45, 2.75) is 40.7 Å². The van der Waals surface area contributed by atoms with Crippen molar-refractivity contribution in [3.63, 3.8) is 0 Å². The Labute approximate surface area is 103 Å². The van der Waals surface area contributed by atoms with Crippen LogP contribution in [0.2, 0.25) is 0 Å². The summed E-state index contributed by atoms with van der Waals surface area (Å²) in [5, 5.41) is 0. The molecule has 0 spiro atoms. The van der Waals surface area contributed by atoms with Gasteiger partial charge in [-0.05, 0) is 13.6 Å². The summed E-state index contributed by atoms with van der Waals surface area (Å²) >= 11 is 0. The van der Waals surface area contributed by atoms with Gasteiger partial charge in [-0.1, -0.05) is 34.6 Å². The minimum atomic E-state index is 0.596. The van der Waals surface area contributed by atoms with Gasteiger partial charge in [-0.25, -0.2) is 0 Å². The maximum atomic E-state index is 5.19. The normalized spacial score (nSPS) is 21.6. The van der Waals surface area contributed by atoms with Gasteiger partial charge >= 0.3 is 0 Å². The quantitative estimate of drug-likeness (QED) is 0.743. The second kappa shape index (κ2) is 12.9. The molecule has 0 bridgehead atoms. The first-order chi connectivity index (χ1) is 7.77. The molecule has 0 amide bonds. The molecule has 1 aliphatic rings. The largest absolute Gasteiger partial charge is 0.383 e. The number of methoxy groups -OCH3 is 1. The topological polar surface area (TPSA) is 15.7 Å². The van der Waals surface area contributed by atoms with Gasteiger partial charge < -0.3 is 9.64 Å². The number of hydrogen-bond acceptors (Lipinski definition) is 3. The minimum Gasteiger partial charge on any atom is -0.383 e. The van der Waals surface area contributed by atoms with Crippen LogP contribution in [0.5, 0.6) is 0 Å². The summed E-state index contributed by atoms with van der Waals surface area (Å²) < 4.78 is 5.19. The molecule has 1 saturated heterocycles. The van der Waals surface area contributed by atoms with Crippen LogP contribution in [0.1, 0.15) is 34.6 Å². The number of ether oxygens (including phenoxy) is 1. The van der Waals surface area contributed by atoms with Crippen LogP contribution < -0.4 is 0 Å². The van der Waals surface area contributed by atoms with Crippen molar-refractivity contribution in [1.82, 2.24) is 9.80 Å². The summed E-state index contributed by atoms with van der Waals surface area (Å²) in [5.74, 6) is 0. The number of likely N-dealkylation sites (N-methyl/N-ethyl adjacent to an activating group) is 2. The van der Waals surface area contributed by atoms with Crippen LogP contribution in [0.15, 0.2) is 0 Å². The van der Waals surface area contributed by atoms with Gasteiger partial charge in [0.25, 0.3) is 0 Å². The lowest BCUT2D eigenvalue weighted by molar-refractivity contribution is 0.0377. The van der Waals surface area contributed by atoms with Gasteiger partial charge in [0.1, 0.15) is 0 Å². The lowest BCUT2D eigenvalue weighted by atomic mass is 10.2. The molecule has 3 nitrogen and oxygen atoms in total. The van der Waals surface area contributed by atoms with Crippen molar-refractivity contribution < 1.29 is 4.74 Å². The molecule has 1 atom stereocenters. The summed E-state index contributed by atoms with van der Waals surface area (Å²) in [4.78, 5) is 4.86.